The molecule has 4 unspecified atom stereocenters. The van der Waals surface area contributed by atoms with Crippen LogP contribution in [0.25, 0.3) is 0 Å². The number of hydrogen-bond donors (Lipinski definition) is 0. The average molecular weight is 499 g/mol. The van der Waals surface area contributed by atoms with E-state index in [-0.39, 0.29) is 23.1 Å². The summed E-state index contributed by atoms with van der Waals surface area (Å²) in [4.78, 5) is 48.7. The summed E-state index contributed by atoms with van der Waals surface area (Å²) in [6.45, 7) is 0. The van der Waals surface area contributed by atoms with Gasteiger partial charge in [0.15, 0.2) is 0 Å². The summed E-state index contributed by atoms with van der Waals surface area (Å²) in [5.74, 6) is -3.46. The Labute approximate surface area is 201 Å². The Morgan fingerprint density at radius 1 is 1.08 bits per heavy atom. The van der Waals surface area contributed by atoms with Gasteiger partial charge >= 0.3 is 12.1 Å². The van der Waals surface area contributed by atoms with Crippen LogP contribution in [0.1, 0.15) is 27.9 Å². The highest BCUT2D eigenvalue weighted by molar-refractivity contribution is 6.07. The number of ether oxygens (including phenoxy) is 1. The number of hydrazone groups is 1. The second-order valence-electron chi connectivity index (χ2n) is 8.68. The summed E-state index contributed by atoms with van der Waals surface area (Å²) in [7, 11) is 0. The summed E-state index contributed by atoms with van der Waals surface area (Å²) < 4.78 is 44.2. The number of allylic oxidation sites excluding steroid dienone is 2. The molecule has 4 atom stereocenters. The van der Waals surface area contributed by atoms with E-state index in [4.69, 9.17) is 4.74 Å². The molecular weight excluding hydrogens is 483 g/mol. The van der Waals surface area contributed by atoms with Gasteiger partial charge < -0.3 is 4.74 Å². The first-order valence-corrected chi connectivity index (χ1v) is 10.8. The molecule has 2 aliphatic carbocycles. The van der Waals surface area contributed by atoms with Crippen LogP contribution in [0.3, 0.4) is 0 Å². The van der Waals surface area contributed by atoms with Crippen LogP contribution >= 0.6 is 0 Å². The number of hydrogen-bond acceptors (Lipinski definition) is 7. The summed E-state index contributed by atoms with van der Waals surface area (Å²) in [5.41, 5.74) is -1.97. The monoisotopic (exact) mass is 499 g/mol. The number of benzene rings is 2. The SMILES string of the molecule is O=C(Oc1ccc([N+](=O)[O-])cc1C=NN1C(=O)C2C3C=CC(C3)C2C1=O)c1cccc(C(F)(F)F)c1. The van der Waals surface area contributed by atoms with E-state index in [0.29, 0.717) is 6.07 Å². The number of alkyl halides is 3. The Hall–Kier alpha value is -4.35. The van der Waals surface area contributed by atoms with Crippen LogP contribution < -0.4 is 4.74 Å². The van der Waals surface area contributed by atoms with Crippen molar-refractivity contribution in [3.63, 3.8) is 0 Å². The highest BCUT2D eigenvalue weighted by Crippen LogP contribution is 2.52. The Balaban J connectivity index is 1.42. The van der Waals surface area contributed by atoms with Crippen molar-refractivity contribution in [2.24, 2.45) is 28.8 Å². The minimum absolute atomic E-state index is 0.0431. The van der Waals surface area contributed by atoms with Gasteiger partial charge in [-0.3, -0.25) is 19.7 Å². The third kappa shape index (κ3) is 3.93. The fourth-order valence-electron chi connectivity index (χ4n) is 4.94. The Morgan fingerprint density at radius 2 is 1.75 bits per heavy atom. The van der Waals surface area contributed by atoms with Gasteiger partial charge in [0.05, 0.1) is 34.1 Å². The molecule has 5 rings (SSSR count). The van der Waals surface area contributed by atoms with Crippen LogP contribution in [0.15, 0.2) is 59.7 Å². The summed E-state index contributed by atoms with van der Waals surface area (Å²) in [5, 5.41) is 15.9. The number of amides is 2. The van der Waals surface area contributed by atoms with Crippen molar-refractivity contribution < 1.29 is 37.2 Å². The van der Waals surface area contributed by atoms with E-state index >= 15 is 0 Å². The average Bonchev–Trinajstić information content (AvgIpc) is 3.52. The molecule has 1 aliphatic heterocycles. The number of fused-ring (bicyclic) bond motifs is 5. The van der Waals surface area contributed by atoms with Crippen molar-refractivity contribution in [2.75, 3.05) is 0 Å². The molecule has 12 heteroatoms. The molecule has 1 saturated heterocycles. The molecule has 0 radical (unpaired) electrons. The highest BCUT2D eigenvalue weighted by Gasteiger charge is 2.59. The van der Waals surface area contributed by atoms with Gasteiger partial charge in [-0.1, -0.05) is 18.2 Å². The molecule has 1 saturated carbocycles. The number of carbonyl (C=O) groups excluding carboxylic acids is 3. The van der Waals surface area contributed by atoms with Crippen LogP contribution in [-0.4, -0.2) is 33.9 Å². The van der Waals surface area contributed by atoms with E-state index in [9.17, 15) is 37.7 Å². The zero-order chi connectivity index (χ0) is 25.8. The predicted molar refractivity (Wildman–Crippen MR) is 117 cm³/mol. The number of esters is 1. The molecule has 184 valence electrons. The Morgan fingerprint density at radius 3 is 2.36 bits per heavy atom. The lowest BCUT2D eigenvalue weighted by Gasteiger charge is -2.13. The predicted octanol–water partition coefficient (Wildman–Crippen LogP) is 3.97. The first-order valence-electron chi connectivity index (χ1n) is 10.8. The van der Waals surface area contributed by atoms with Crippen molar-refractivity contribution >= 4 is 29.7 Å². The molecule has 3 aliphatic rings. The first-order chi connectivity index (χ1) is 17.0. The maximum absolute atomic E-state index is 13.0. The van der Waals surface area contributed by atoms with Gasteiger partial charge in [0.1, 0.15) is 5.75 Å². The smallest absolute Gasteiger partial charge is 0.416 e. The van der Waals surface area contributed by atoms with E-state index in [1.807, 2.05) is 12.2 Å². The molecule has 2 fully saturated rings. The second-order valence-corrected chi connectivity index (χ2v) is 8.68. The van der Waals surface area contributed by atoms with Crippen LogP contribution in [0, 0.1) is 33.8 Å². The summed E-state index contributed by atoms with van der Waals surface area (Å²) in [6.07, 6.45) is 0.856. The topological polar surface area (TPSA) is 119 Å². The number of nitro benzene ring substituents is 1. The maximum Gasteiger partial charge on any atom is 0.416 e. The van der Waals surface area contributed by atoms with Crippen LogP contribution in [0.2, 0.25) is 0 Å². The molecule has 36 heavy (non-hydrogen) atoms. The third-order valence-electron chi connectivity index (χ3n) is 6.59. The quantitative estimate of drug-likeness (QED) is 0.117. The standard InChI is InChI=1S/C24H16F3N3O6/c25-24(26,27)16-3-1-2-14(9-16)23(33)36-18-7-6-17(30(34)35)10-15(18)11-28-29-21(31)19-12-4-5-13(8-12)20(19)22(29)32/h1-7,9-13,19-20H,8H2. The number of nitro groups is 1. The largest absolute Gasteiger partial charge is 0.422 e. The molecule has 1 heterocycles. The van der Waals surface area contributed by atoms with Crippen molar-refractivity contribution in [1.82, 2.24) is 5.01 Å². The lowest BCUT2D eigenvalue weighted by Crippen LogP contribution is -2.28. The third-order valence-corrected chi connectivity index (χ3v) is 6.59. The zero-order valence-electron chi connectivity index (χ0n) is 18.2. The van der Waals surface area contributed by atoms with Crippen LogP contribution in [-0.2, 0) is 15.8 Å². The number of halogens is 3. The molecule has 2 amide bonds. The minimum Gasteiger partial charge on any atom is -0.422 e. The molecular formula is C24H16F3N3O6. The number of imide groups is 1. The first kappa shape index (κ1) is 23.4. The Kier molecular flexibility index (Phi) is 5.46. The second kappa shape index (κ2) is 8.40. The minimum atomic E-state index is -4.68. The van der Waals surface area contributed by atoms with Gasteiger partial charge in [0.25, 0.3) is 17.5 Å². The van der Waals surface area contributed by atoms with Gasteiger partial charge in [-0.15, -0.1) is 0 Å². The molecule has 9 nitrogen and oxygen atoms in total. The van der Waals surface area contributed by atoms with Crippen LogP contribution in [0.4, 0.5) is 18.9 Å². The van der Waals surface area contributed by atoms with Gasteiger partial charge in [-0.25, -0.2) is 4.79 Å². The van der Waals surface area contributed by atoms with E-state index in [1.54, 1.807) is 0 Å². The van der Waals surface area contributed by atoms with Gasteiger partial charge in [-0.05, 0) is 42.5 Å². The summed E-state index contributed by atoms with van der Waals surface area (Å²) >= 11 is 0. The van der Waals surface area contributed by atoms with E-state index in [2.05, 4.69) is 5.10 Å². The zero-order valence-corrected chi connectivity index (χ0v) is 18.2. The van der Waals surface area contributed by atoms with Gasteiger partial charge in [-0.2, -0.15) is 23.3 Å². The van der Waals surface area contributed by atoms with Crippen molar-refractivity contribution in [1.29, 1.82) is 0 Å². The maximum atomic E-state index is 13.0. The normalized spacial score (nSPS) is 24.6. The van der Waals surface area contributed by atoms with Crippen molar-refractivity contribution in [2.45, 2.75) is 12.6 Å². The Bertz CT molecular complexity index is 1340. The molecule has 2 aromatic carbocycles. The van der Waals surface area contributed by atoms with E-state index < -0.39 is 57.5 Å². The summed E-state index contributed by atoms with van der Waals surface area (Å²) in [6, 6.07) is 6.70. The fourth-order valence-corrected chi connectivity index (χ4v) is 4.94. The van der Waals surface area contributed by atoms with Gasteiger partial charge in [0.2, 0.25) is 0 Å². The highest BCUT2D eigenvalue weighted by atomic mass is 19.4. The van der Waals surface area contributed by atoms with Crippen molar-refractivity contribution in [3.05, 3.63) is 81.4 Å². The fraction of sp³-hybridized carbons (Fsp3) is 0.250. The number of carbonyl (C=O) groups is 3. The lowest BCUT2D eigenvalue weighted by molar-refractivity contribution is -0.384. The van der Waals surface area contributed by atoms with Gasteiger partial charge in [0, 0.05) is 17.7 Å². The van der Waals surface area contributed by atoms with E-state index in [1.165, 1.54) is 0 Å². The molecule has 0 N–H and O–H groups in total. The van der Waals surface area contributed by atoms with E-state index in [0.717, 1.165) is 54.0 Å². The number of rotatable bonds is 5. The molecule has 2 bridgehead atoms. The lowest BCUT2D eigenvalue weighted by atomic mass is 9.85. The van der Waals surface area contributed by atoms with Crippen molar-refractivity contribution in [3.8, 4) is 5.75 Å². The molecule has 0 spiro atoms. The number of nitrogens with zero attached hydrogens (tertiary/aromatic N) is 3. The molecule has 0 aromatic heterocycles. The number of non-ortho nitro benzene ring substituents is 1. The molecule has 2 aromatic rings. The van der Waals surface area contributed by atoms with Crippen LogP contribution in [0.5, 0.6) is 5.75 Å².